The first-order valence-corrected chi connectivity index (χ1v) is 9.03. The maximum absolute atomic E-state index is 13.1. The fourth-order valence-electron chi connectivity index (χ4n) is 4.79. The molecule has 2 heterocycles. The Bertz CT molecular complexity index is 615. The summed E-state index contributed by atoms with van der Waals surface area (Å²) >= 11 is 0. The zero-order valence-corrected chi connectivity index (χ0v) is 13.7. The number of fused-ring (bicyclic) bond motifs is 1. The highest BCUT2D eigenvalue weighted by Gasteiger charge is 2.45. The van der Waals surface area contributed by atoms with Crippen LogP contribution >= 0.6 is 0 Å². The van der Waals surface area contributed by atoms with E-state index in [1.54, 1.807) is 0 Å². The van der Waals surface area contributed by atoms with Gasteiger partial charge in [-0.3, -0.25) is 4.79 Å². The molecular weight excluding hydrogens is 288 g/mol. The molecular formula is C19H26N2O2. The highest BCUT2D eigenvalue weighted by atomic mass is 16.3. The van der Waals surface area contributed by atoms with Crippen LogP contribution in [0.15, 0.2) is 18.2 Å². The first kappa shape index (κ1) is 15.0. The number of benzene rings is 1. The number of rotatable bonds is 1. The van der Waals surface area contributed by atoms with E-state index in [1.807, 2.05) is 17.0 Å². The Balaban J connectivity index is 1.60. The van der Waals surface area contributed by atoms with Crippen molar-refractivity contribution in [2.75, 3.05) is 25.0 Å². The standard InChI is InChI=1S/C19H26N2O2/c22-16-8-2-9-19(16)10-4-12-21(13-19)18(23)15-7-1-5-14-6-3-11-20-17(14)15/h1,5,7,16,20,22H,2-4,6,8-13H2/t16-,19-/m1/s1. The van der Waals surface area contributed by atoms with Crippen LogP contribution in [0.3, 0.4) is 0 Å². The molecule has 2 fully saturated rings. The number of likely N-dealkylation sites (tertiary alicyclic amines) is 1. The second-order valence-electron chi connectivity index (χ2n) is 7.47. The van der Waals surface area contributed by atoms with Crippen molar-refractivity contribution in [1.82, 2.24) is 4.90 Å². The molecule has 2 N–H and O–H groups in total. The van der Waals surface area contributed by atoms with Crippen molar-refractivity contribution in [3.8, 4) is 0 Å². The number of nitrogens with one attached hydrogen (secondary N) is 1. The number of aryl methyl sites for hydroxylation is 1. The maximum Gasteiger partial charge on any atom is 0.255 e. The number of piperidine rings is 1. The van der Waals surface area contributed by atoms with E-state index in [2.05, 4.69) is 11.4 Å². The summed E-state index contributed by atoms with van der Waals surface area (Å²) in [6, 6.07) is 6.08. The minimum absolute atomic E-state index is 0.0455. The predicted octanol–water partition coefficient (Wildman–Crippen LogP) is 2.81. The van der Waals surface area contributed by atoms with Gasteiger partial charge in [-0.25, -0.2) is 0 Å². The molecule has 1 aliphatic carbocycles. The molecule has 0 radical (unpaired) electrons. The van der Waals surface area contributed by atoms with Gasteiger partial charge >= 0.3 is 0 Å². The topological polar surface area (TPSA) is 52.6 Å². The second-order valence-corrected chi connectivity index (χ2v) is 7.47. The van der Waals surface area contributed by atoms with Crippen LogP contribution in [0.25, 0.3) is 0 Å². The summed E-state index contributed by atoms with van der Waals surface area (Å²) in [6.45, 7) is 2.48. The van der Waals surface area contributed by atoms with Gasteiger partial charge in [0.25, 0.3) is 5.91 Å². The van der Waals surface area contributed by atoms with E-state index in [1.165, 1.54) is 5.56 Å². The second kappa shape index (κ2) is 5.82. The van der Waals surface area contributed by atoms with E-state index in [0.717, 1.165) is 75.8 Å². The molecule has 4 heteroatoms. The molecule has 2 atom stereocenters. The molecule has 1 aromatic carbocycles. The molecule has 124 valence electrons. The van der Waals surface area contributed by atoms with Crippen LogP contribution in [0.4, 0.5) is 5.69 Å². The number of amides is 1. The first-order chi connectivity index (χ1) is 11.2. The number of aliphatic hydroxyl groups is 1. The number of anilines is 1. The van der Waals surface area contributed by atoms with Crippen LogP contribution in [0.1, 0.15) is 54.4 Å². The summed E-state index contributed by atoms with van der Waals surface area (Å²) < 4.78 is 0. The average Bonchev–Trinajstić information content (AvgIpc) is 2.93. The van der Waals surface area contributed by atoms with Crippen molar-refractivity contribution in [3.63, 3.8) is 0 Å². The van der Waals surface area contributed by atoms with E-state index in [-0.39, 0.29) is 17.4 Å². The van der Waals surface area contributed by atoms with Crippen molar-refractivity contribution in [1.29, 1.82) is 0 Å². The van der Waals surface area contributed by atoms with E-state index in [9.17, 15) is 9.90 Å². The fraction of sp³-hybridized carbons (Fsp3) is 0.632. The first-order valence-electron chi connectivity index (χ1n) is 9.03. The van der Waals surface area contributed by atoms with Gasteiger partial charge < -0.3 is 15.3 Å². The van der Waals surface area contributed by atoms with Crippen LogP contribution in [0.2, 0.25) is 0 Å². The van der Waals surface area contributed by atoms with Crippen molar-refractivity contribution in [3.05, 3.63) is 29.3 Å². The molecule has 4 rings (SSSR count). The lowest BCUT2D eigenvalue weighted by Crippen LogP contribution is -2.49. The van der Waals surface area contributed by atoms with Gasteiger partial charge in [0, 0.05) is 25.0 Å². The van der Waals surface area contributed by atoms with E-state index >= 15 is 0 Å². The molecule has 1 spiro atoms. The number of nitrogens with zero attached hydrogens (tertiary/aromatic N) is 1. The third kappa shape index (κ3) is 2.53. The van der Waals surface area contributed by atoms with Crippen LogP contribution in [-0.4, -0.2) is 41.7 Å². The Kier molecular flexibility index (Phi) is 3.80. The average molecular weight is 314 g/mol. The number of carbonyl (C=O) groups is 1. The highest BCUT2D eigenvalue weighted by Crippen LogP contribution is 2.45. The van der Waals surface area contributed by atoms with Gasteiger partial charge in [0.05, 0.1) is 17.4 Å². The van der Waals surface area contributed by atoms with Gasteiger partial charge in [0.2, 0.25) is 0 Å². The Labute approximate surface area is 137 Å². The van der Waals surface area contributed by atoms with Gasteiger partial charge in [-0.05, 0) is 50.2 Å². The summed E-state index contributed by atoms with van der Waals surface area (Å²) in [5.74, 6) is 0.134. The van der Waals surface area contributed by atoms with Gasteiger partial charge in [0.1, 0.15) is 0 Å². The molecule has 0 aromatic heterocycles. The Morgan fingerprint density at radius 1 is 1.26 bits per heavy atom. The summed E-state index contributed by atoms with van der Waals surface area (Å²) in [4.78, 5) is 15.1. The minimum Gasteiger partial charge on any atom is -0.392 e. The smallest absolute Gasteiger partial charge is 0.255 e. The summed E-state index contributed by atoms with van der Waals surface area (Å²) in [5.41, 5.74) is 3.06. The number of hydrogen-bond donors (Lipinski definition) is 2. The van der Waals surface area contributed by atoms with Crippen molar-refractivity contribution in [2.45, 2.75) is 51.0 Å². The van der Waals surface area contributed by atoms with Gasteiger partial charge in [-0.1, -0.05) is 18.6 Å². The number of aliphatic hydroxyl groups excluding tert-OH is 1. The van der Waals surface area contributed by atoms with Gasteiger partial charge in [-0.2, -0.15) is 0 Å². The molecule has 1 amide bonds. The summed E-state index contributed by atoms with van der Waals surface area (Å²) in [5, 5.41) is 13.8. The fourth-order valence-corrected chi connectivity index (χ4v) is 4.79. The molecule has 3 aliphatic rings. The Morgan fingerprint density at radius 2 is 2.13 bits per heavy atom. The van der Waals surface area contributed by atoms with Crippen molar-refractivity contribution >= 4 is 11.6 Å². The van der Waals surface area contributed by atoms with Gasteiger partial charge in [-0.15, -0.1) is 0 Å². The van der Waals surface area contributed by atoms with Crippen LogP contribution in [-0.2, 0) is 6.42 Å². The molecule has 1 saturated heterocycles. The van der Waals surface area contributed by atoms with Crippen molar-refractivity contribution in [2.24, 2.45) is 5.41 Å². The van der Waals surface area contributed by atoms with E-state index < -0.39 is 0 Å². The zero-order valence-electron chi connectivity index (χ0n) is 13.7. The molecule has 0 unspecified atom stereocenters. The van der Waals surface area contributed by atoms with Crippen LogP contribution in [0.5, 0.6) is 0 Å². The number of para-hydroxylation sites is 1. The number of carbonyl (C=O) groups excluding carboxylic acids is 1. The number of hydrogen-bond acceptors (Lipinski definition) is 3. The lowest BCUT2D eigenvalue weighted by molar-refractivity contribution is -0.00533. The van der Waals surface area contributed by atoms with Crippen LogP contribution in [0, 0.1) is 5.41 Å². The lowest BCUT2D eigenvalue weighted by Gasteiger charge is -2.42. The molecule has 2 aliphatic heterocycles. The third-order valence-corrected chi connectivity index (χ3v) is 6.06. The largest absolute Gasteiger partial charge is 0.392 e. The molecule has 23 heavy (non-hydrogen) atoms. The van der Waals surface area contributed by atoms with Crippen molar-refractivity contribution < 1.29 is 9.90 Å². The van der Waals surface area contributed by atoms with Gasteiger partial charge in [0.15, 0.2) is 0 Å². The highest BCUT2D eigenvalue weighted by molar-refractivity contribution is 6.00. The Morgan fingerprint density at radius 3 is 2.96 bits per heavy atom. The van der Waals surface area contributed by atoms with Crippen LogP contribution < -0.4 is 5.32 Å². The SMILES string of the molecule is O=C(c1cccc2c1NCCC2)N1CCC[C@]2(CCC[C@H]2O)C1. The molecule has 4 nitrogen and oxygen atoms in total. The quantitative estimate of drug-likeness (QED) is 0.838. The van der Waals surface area contributed by atoms with E-state index in [4.69, 9.17) is 0 Å². The molecule has 1 saturated carbocycles. The molecule has 1 aromatic rings. The third-order valence-electron chi connectivity index (χ3n) is 6.06. The molecule has 0 bridgehead atoms. The predicted molar refractivity (Wildman–Crippen MR) is 90.7 cm³/mol. The summed E-state index contributed by atoms with van der Waals surface area (Å²) in [6.07, 6.45) is 7.05. The normalized spacial score (nSPS) is 30.1. The monoisotopic (exact) mass is 314 g/mol. The zero-order chi connectivity index (χ0) is 15.9. The minimum atomic E-state index is -0.235. The maximum atomic E-state index is 13.1. The van der Waals surface area contributed by atoms with E-state index in [0.29, 0.717) is 0 Å². The summed E-state index contributed by atoms with van der Waals surface area (Å²) in [7, 11) is 0. The lowest BCUT2D eigenvalue weighted by atomic mass is 9.76. The Hall–Kier alpha value is -1.55.